The summed E-state index contributed by atoms with van der Waals surface area (Å²) in [4.78, 5) is 12.0. The predicted octanol–water partition coefficient (Wildman–Crippen LogP) is 2.84. The van der Waals surface area contributed by atoms with Crippen molar-refractivity contribution in [2.75, 3.05) is 5.73 Å². The van der Waals surface area contributed by atoms with Gasteiger partial charge in [-0.15, -0.1) is 0 Å². The van der Waals surface area contributed by atoms with Crippen LogP contribution in [0.1, 0.15) is 16.7 Å². The predicted molar refractivity (Wildman–Crippen MR) is 79.9 cm³/mol. The largest absolute Gasteiger partial charge is 0.420 e. The maximum absolute atomic E-state index is 12.0. The summed E-state index contributed by atoms with van der Waals surface area (Å²) < 4.78 is 6.90. The third kappa shape index (κ3) is 1.99. The topological polar surface area (TPSA) is 61.2 Å². The minimum absolute atomic E-state index is 0.353. The number of aromatic nitrogens is 1. The van der Waals surface area contributed by atoms with Crippen molar-refractivity contribution in [2.45, 2.75) is 20.4 Å². The van der Waals surface area contributed by atoms with Crippen molar-refractivity contribution in [3.8, 4) is 0 Å². The first-order valence-corrected chi connectivity index (χ1v) is 6.50. The van der Waals surface area contributed by atoms with Gasteiger partial charge in [-0.25, -0.2) is 4.79 Å². The number of anilines is 1. The molecule has 0 aliphatic carbocycles. The zero-order valence-electron chi connectivity index (χ0n) is 11.5. The van der Waals surface area contributed by atoms with Crippen LogP contribution >= 0.6 is 0 Å². The molecule has 102 valence electrons. The van der Waals surface area contributed by atoms with Crippen LogP contribution in [0.2, 0.25) is 0 Å². The molecule has 4 nitrogen and oxygen atoms in total. The van der Waals surface area contributed by atoms with Gasteiger partial charge < -0.3 is 10.2 Å². The minimum atomic E-state index is -0.353. The summed E-state index contributed by atoms with van der Waals surface area (Å²) in [5, 5.41) is 0. The molecule has 2 aromatic carbocycles. The zero-order chi connectivity index (χ0) is 14.3. The van der Waals surface area contributed by atoms with Crippen LogP contribution in [0.15, 0.2) is 45.6 Å². The molecule has 0 aliphatic heterocycles. The minimum Gasteiger partial charge on any atom is -0.408 e. The van der Waals surface area contributed by atoms with Crippen LogP contribution in [0.3, 0.4) is 0 Å². The van der Waals surface area contributed by atoms with Crippen molar-refractivity contribution in [1.29, 1.82) is 0 Å². The average molecular weight is 268 g/mol. The SMILES string of the molecule is Cc1cccc(C)c1Cn1c(=O)oc2cc(N)ccc21. The van der Waals surface area contributed by atoms with E-state index in [-0.39, 0.29) is 5.76 Å². The lowest BCUT2D eigenvalue weighted by molar-refractivity contribution is 0.517. The van der Waals surface area contributed by atoms with Gasteiger partial charge in [0.05, 0.1) is 12.1 Å². The second-order valence-corrected chi connectivity index (χ2v) is 5.05. The van der Waals surface area contributed by atoms with Crippen LogP contribution in [0.25, 0.3) is 11.1 Å². The highest BCUT2D eigenvalue weighted by atomic mass is 16.4. The van der Waals surface area contributed by atoms with Crippen LogP contribution < -0.4 is 11.5 Å². The Bertz CT molecular complexity index is 823. The molecule has 1 aromatic heterocycles. The first-order valence-electron chi connectivity index (χ1n) is 6.50. The Labute approximate surface area is 116 Å². The highest BCUT2D eigenvalue weighted by Crippen LogP contribution is 2.20. The fourth-order valence-electron chi connectivity index (χ4n) is 2.49. The van der Waals surface area contributed by atoms with Crippen molar-refractivity contribution in [2.24, 2.45) is 0 Å². The first kappa shape index (κ1) is 12.5. The summed E-state index contributed by atoms with van der Waals surface area (Å²) in [5.74, 6) is -0.353. The third-order valence-electron chi connectivity index (χ3n) is 3.65. The van der Waals surface area contributed by atoms with E-state index in [0.717, 1.165) is 11.1 Å². The van der Waals surface area contributed by atoms with Crippen LogP contribution in [0.5, 0.6) is 0 Å². The Hall–Kier alpha value is -2.49. The average Bonchev–Trinajstić information content (AvgIpc) is 2.69. The van der Waals surface area contributed by atoms with E-state index in [1.54, 1.807) is 16.7 Å². The molecule has 0 radical (unpaired) electrons. The van der Waals surface area contributed by atoms with E-state index in [2.05, 4.69) is 0 Å². The van der Waals surface area contributed by atoms with Crippen LogP contribution in [0.4, 0.5) is 5.69 Å². The lowest BCUT2D eigenvalue weighted by Crippen LogP contribution is -2.16. The number of nitrogens with two attached hydrogens (primary N) is 1. The van der Waals surface area contributed by atoms with Crippen molar-refractivity contribution in [1.82, 2.24) is 4.57 Å². The van der Waals surface area contributed by atoms with Gasteiger partial charge in [-0.1, -0.05) is 18.2 Å². The van der Waals surface area contributed by atoms with Crippen molar-refractivity contribution in [3.63, 3.8) is 0 Å². The Morgan fingerprint density at radius 1 is 1.15 bits per heavy atom. The second kappa shape index (κ2) is 4.56. The normalized spacial score (nSPS) is 11.1. The summed E-state index contributed by atoms with van der Waals surface area (Å²) in [6, 6.07) is 11.4. The standard InChI is InChI=1S/C16H16N2O2/c1-10-4-3-5-11(2)13(10)9-18-14-7-6-12(17)8-15(14)20-16(18)19/h3-8H,9,17H2,1-2H3. The van der Waals surface area contributed by atoms with Gasteiger partial charge in [-0.2, -0.15) is 0 Å². The van der Waals surface area contributed by atoms with E-state index in [9.17, 15) is 4.79 Å². The molecule has 0 saturated heterocycles. The van der Waals surface area contributed by atoms with Crippen LogP contribution in [-0.2, 0) is 6.54 Å². The van der Waals surface area contributed by atoms with Gasteiger partial charge in [0, 0.05) is 11.8 Å². The lowest BCUT2D eigenvalue weighted by Gasteiger charge is -2.10. The van der Waals surface area contributed by atoms with Crippen molar-refractivity contribution >= 4 is 16.8 Å². The van der Waals surface area contributed by atoms with Crippen molar-refractivity contribution < 1.29 is 4.42 Å². The fourth-order valence-corrected chi connectivity index (χ4v) is 2.49. The van der Waals surface area contributed by atoms with Gasteiger partial charge in [-0.3, -0.25) is 4.57 Å². The van der Waals surface area contributed by atoms with Crippen molar-refractivity contribution in [3.05, 3.63) is 63.6 Å². The molecule has 0 unspecified atom stereocenters. The number of hydrogen-bond donors (Lipinski definition) is 1. The lowest BCUT2D eigenvalue weighted by atomic mass is 10.0. The molecule has 2 N–H and O–H groups in total. The molecule has 0 amide bonds. The van der Waals surface area contributed by atoms with Gasteiger partial charge in [0.25, 0.3) is 0 Å². The maximum atomic E-state index is 12.0. The number of nitrogens with zero attached hydrogens (tertiary/aromatic N) is 1. The summed E-state index contributed by atoms with van der Waals surface area (Å²) in [6.07, 6.45) is 0. The quantitative estimate of drug-likeness (QED) is 0.727. The van der Waals surface area contributed by atoms with E-state index >= 15 is 0 Å². The molecule has 0 fully saturated rings. The van der Waals surface area contributed by atoms with Crippen LogP contribution in [0, 0.1) is 13.8 Å². The molecule has 20 heavy (non-hydrogen) atoms. The number of hydrogen-bond acceptors (Lipinski definition) is 3. The summed E-state index contributed by atoms with van der Waals surface area (Å²) in [6.45, 7) is 4.61. The van der Waals surface area contributed by atoms with Gasteiger partial charge in [0.2, 0.25) is 0 Å². The van der Waals surface area contributed by atoms with E-state index in [0.29, 0.717) is 17.8 Å². The van der Waals surface area contributed by atoms with E-state index in [4.69, 9.17) is 10.2 Å². The van der Waals surface area contributed by atoms with E-state index < -0.39 is 0 Å². The molecule has 0 bridgehead atoms. The van der Waals surface area contributed by atoms with Crippen LogP contribution in [-0.4, -0.2) is 4.57 Å². The molecule has 0 atom stereocenters. The number of nitrogen functional groups attached to an aromatic ring is 1. The Balaban J connectivity index is 2.16. The smallest absolute Gasteiger partial charge is 0.408 e. The maximum Gasteiger partial charge on any atom is 0.420 e. The first-order chi connectivity index (χ1) is 9.56. The van der Waals surface area contributed by atoms with Gasteiger partial charge in [-0.05, 0) is 42.7 Å². The highest BCUT2D eigenvalue weighted by molar-refractivity contribution is 5.76. The number of oxazole rings is 1. The molecule has 3 aromatic rings. The molecule has 0 spiro atoms. The third-order valence-corrected chi connectivity index (χ3v) is 3.65. The number of rotatable bonds is 2. The Morgan fingerprint density at radius 2 is 1.85 bits per heavy atom. The summed E-state index contributed by atoms with van der Waals surface area (Å²) in [5.41, 5.74) is 11.1. The molecule has 1 heterocycles. The second-order valence-electron chi connectivity index (χ2n) is 5.05. The Morgan fingerprint density at radius 3 is 2.55 bits per heavy atom. The number of fused-ring (bicyclic) bond motifs is 1. The van der Waals surface area contributed by atoms with E-state index in [1.165, 1.54) is 11.1 Å². The van der Waals surface area contributed by atoms with Gasteiger partial charge in [0.15, 0.2) is 5.58 Å². The molecule has 0 aliphatic rings. The number of aryl methyl sites for hydroxylation is 2. The molecule has 0 saturated carbocycles. The van der Waals surface area contributed by atoms with Gasteiger partial charge >= 0.3 is 5.76 Å². The number of benzene rings is 2. The zero-order valence-corrected chi connectivity index (χ0v) is 11.5. The highest BCUT2D eigenvalue weighted by Gasteiger charge is 2.12. The Kier molecular flexibility index (Phi) is 2.86. The fraction of sp³-hybridized carbons (Fsp3) is 0.188. The monoisotopic (exact) mass is 268 g/mol. The molecule has 3 rings (SSSR count). The summed E-state index contributed by atoms with van der Waals surface area (Å²) in [7, 11) is 0. The van der Waals surface area contributed by atoms with E-state index in [1.807, 2.05) is 38.1 Å². The molecule has 4 heteroatoms. The molecular formula is C16H16N2O2. The van der Waals surface area contributed by atoms with Gasteiger partial charge in [0.1, 0.15) is 0 Å². The molecular weight excluding hydrogens is 252 g/mol. The summed E-state index contributed by atoms with van der Waals surface area (Å²) >= 11 is 0.